The van der Waals surface area contributed by atoms with Gasteiger partial charge in [0.1, 0.15) is 5.76 Å². The van der Waals surface area contributed by atoms with Gasteiger partial charge >= 0.3 is 0 Å². The summed E-state index contributed by atoms with van der Waals surface area (Å²) in [7, 11) is 1.97. The number of carbonyl (C=O) groups is 1. The van der Waals surface area contributed by atoms with Crippen molar-refractivity contribution in [1.82, 2.24) is 25.2 Å². The molecule has 4 aromatic rings. The topological polar surface area (TPSA) is 98.2 Å². The van der Waals surface area contributed by atoms with E-state index in [0.29, 0.717) is 11.5 Å². The molecule has 1 aliphatic carbocycles. The predicted octanol–water partition coefficient (Wildman–Crippen LogP) is 6.26. The zero-order valence-electron chi connectivity index (χ0n) is 24.1. The molecule has 206 valence electrons. The molecule has 1 atom stereocenters. The van der Waals surface area contributed by atoms with Crippen LogP contribution in [-0.2, 0) is 25.3 Å². The van der Waals surface area contributed by atoms with Gasteiger partial charge in [0, 0.05) is 48.0 Å². The number of aliphatic imine (C=N–C) groups is 1. The third-order valence-electron chi connectivity index (χ3n) is 8.22. The van der Waals surface area contributed by atoms with E-state index in [-0.39, 0.29) is 17.4 Å². The molecular weight excluding hydrogens is 500 g/mol. The molecule has 40 heavy (non-hydrogen) atoms. The molecule has 0 bridgehead atoms. The first kappa shape index (κ1) is 26.2. The van der Waals surface area contributed by atoms with Crippen LogP contribution in [-0.4, -0.2) is 31.5 Å². The summed E-state index contributed by atoms with van der Waals surface area (Å²) in [6, 6.07) is 10.4. The van der Waals surface area contributed by atoms with Gasteiger partial charge in [-0.15, -0.1) is 0 Å². The number of benzene rings is 1. The van der Waals surface area contributed by atoms with Crippen molar-refractivity contribution in [2.75, 3.05) is 0 Å². The molecule has 0 radical (unpaired) electrons. The van der Waals surface area contributed by atoms with Gasteiger partial charge in [0.2, 0.25) is 0 Å². The van der Waals surface area contributed by atoms with Crippen LogP contribution in [0.4, 0.5) is 5.82 Å². The fraction of sp³-hybridized carbons (Fsp3) is 0.406. The number of carbonyl (C=O) groups excluding carboxylic acids is 1. The molecule has 0 unspecified atom stereocenters. The Bertz CT molecular complexity index is 1650. The highest BCUT2D eigenvalue weighted by molar-refractivity contribution is 6.08. The number of hydrogen-bond donors (Lipinski definition) is 1. The highest BCUT2D eigenvalue weighted by Crippen LogP contribution is 2.38. The first-order valence-electron chi connectivity index (χ1n) is 14.1. The van der Waals surface area contributed by atoms with Gasteiger partial charge in [0.25, 0.3) is 5.91 Å². The Morgan fingerprint density at radius 1 is 1.12 bits per heavy atom. The van der Waals surface area contributed by atoms with E-state index < -0.39 is 0 Å². The lowest BCUT2D eigenvalue weighted by atomic mass is 9.91. The Morgan fingerprint density at radius 2 is 1.95 bits per heavy atom. The molecule has 4 heterocycles. The second-order valence-electron chi connectivity index (χ2n) is 12.1. The number of rotatable bonds is 4. The minimum Gasteiger partial charge on any atom is -0.360 e. The van der Waals surface area contributed by atoms with Crippen molar-refractivity contribution in [3.05, 3.63) is 81.6 Å². The Balaban J connectivity index is 1.27. The fourth-order valence-corrected chi connectivity index (χ4v) is 5.96. The number of hydrogen-bond acceptors (Lipinski definition) is 6. The Morgan fingerprint density at radius 3 is 2.67 bits per heavy atom. The summed E-state index contributed by atoms with van der Waals surface area (Å²) < 4.78 is 7.37. The average molecular weight is 537 g/mol. The van der Waals surface area contributed by atoms with Crippen molar-refractivity contribution in [3.63, 3.8) is 0 Å². The number of nitrogens with one attached hydrogen (secondary N) is 1. The second kappa shape index (κ2) is 9.84. The summed E-state index contributed by atoms with van der Waals surface area (Å²) in [6.45, 7) is 10.3. The predicted molar refractivity (Wildman–Crippen MR) is 155 cm³/mol. The number of pyridine rings is 1. The van der Waals surface area contributed by atoms with Crippen LogP contribution < -0.4 is 5.32 Å². The largest absolute Gasteiger partial charge is 0.360 e. The number of amides is 1. The highest BCUT2D eigenvalue weighted by Gasteiger charge is 2.28. The SMILES string of the molecule is Cc1nn(C)c(C)c1C1=Nc2nccc(-c3ccc4c(c3)CCCC[C@@H]4NC(=O)c3cc(C(C)(C)C)on3)c2C1. The summed E-state index contributed by atoms with van der Waals surface area (Å²) in [5, 5.41) is 11.9. The lowest BCUT2D eigenvalue weighted by Crippen LogP contribution is -2.29. The Kier molecular flexibility index (Phi) is 6.44. The van der Waals surface area contributed by atoms with Gasteiger partial charge in [-0.3, -0.25) is 9.48 Å². The Labute approximate surface area is 234 Å². The van der Waals surface area contributed by atoms with E-state index in [1.54, 1.807) is 6.07 Å². The van der Waals surface area contributed by atoms with E-state index in [9.17, 15) is 4.79 Å². The highest BCUT2D eigenvalue weighted by atomic mass is 16.5. The van der Waals surface area contributed by atoms with Crippen molar-refractivity contribution in [2.45, 2.75) is 78.2 Å². The van der Waals surface area contributed by atoms with Gasteiger partial charge in [-0.25, -0.2) is 9.98 Å². The molecule has 0 fully saturated rings. The first-order valence-corrected chi connectivity index (χ1v) is 14.1. The maximum absolute atomic E-state index is 13.1. The fourth-order valence-electron chi connectivity index (χ4n) is 5.96. The van der Waals surface area contributed by atoms with Crippen LogP contribution in [0.25, 0.3) is 11.1 Å². The van der Waals surface area contributed by atoms with Gasteiger partial charge in [-0.2, -0.15) is 5.10 Å². The molecule has 2 aliphatic rings. The van der Waals surface area contributed by atoms with Gasteiger partial charge in [0.05, 0.1) is 17.4 Å². The number of aromatic nitrogens is 4. The molecule has 0 spiro atoms. The van der Waals surface area contributed by atoms with Crippen molar-refractivity contribution < 1.29 is 9.32 Å². The van der Waals surface area contributed by atoms with Crippen LogP contribution >= 0.6 is 0 Å². The molecule has 8 nitrogen and oxygen atoms in total. The van der Waals surface area contributed by atoms with E-state index in [4.69, 9.17) is 9.52 Å². The normalized spacial score (nSPS) is 16.8. The first-order chi connectivity index (χ1) is 19.1. The summed E-state index contributed by atoms with van der Waals surface area (Å²) >= 11 is 0. The van der Waals surface area contributed by atoms with Gasteiger partial charge in [-0.05, 0) is 61.4 Å². The molecule has 8 heteroatoms. The van der Waals surface area contributed by atoms with Crippen LogP contribution in [0.15, 0.2) is 46.0 Å². The smallest absolute Gasteiger partial charge is 0.273 e. The zero-order chi connectivity index (χ0) is 28.2. The molecular formula is C32H36N6O2. The molecule has 1 N–H and O–H groups in total. The van der Waals surface area contributed by atoms with Crippen LogP contribution in [0.3, 0.4) is 0 Å². The minimum atomic E-state index is -0.203. The van der Waals surface area contributed by atoms with Crippen molar-refractivity contribution in [2.24, 2.45) is 12.0 Å². The molecule has 1 amide bonds. The van der Waals surface area contributed by atoms with Crippen LogP contribution in [0, 0.1) is 13.8 Å². The second-order valence-corrected chi connectivity index (χ2v) is 12.1. The number of fused-ring (bicyclic) bond motifs is 2. The summed E-state index contributed by atoms with van der Waals surface area (Å²) in [5.41, 5.74) is 10.3. The molecule has 1 aliphatic heterocycles. The van der Waals surface area contributed by atoms with Gasteiger partial charge in [0.15, 0.2) is 11.5 Å². The van der Waals surface area contributed by atoms with E-state index in [1.807, 2.05) is 45.6 Å². The van der Waals surface area contributed by atoms with Crippen molar-refractivity contribution in [1.29, 1.82) is 0 Å². The molecule has 3 aromatic heterocycles. The lowest BCUT2D eigenvalue weighted by Gasteiger charge is -2.20. The third-order valence-corrected chi connectivity index (χ3v) is 8.22. The Hall–Kier alpha value is -4.07. The van der Waals surface area contributed by atoms with Gasteiger partial charge in [-0.1, -0.05) is 50.5 Å². The maximum atomic E-state index is 13.1. The lowest BCUT2D eigenvalue weighted by molar-refractivity contribution is 0.0925. The molecule has 0 saturated heterocycles. The van der Waals surface area contributed by atoms with Crippen molar-refractivity contribution >= 4 is 17.4 Å². The maximum Gasteiger partial charge on any atom is 0.273 e. The quantitative estimate of drug-likeness (QED) is 0.311. The van der Waals surface area contributed by atoms with Crippen LogP contribution in [0.5, 0.6) is 0 Å². The summed E-state index contributed by atoms with van der Waals surface area (Å²) in [5.74, 6) is 1.30. The summed E-state index contributed by atoms with van der Waals surface area (Å²) in [6.07, 6.45) is 6.59. The molecule has 0 saturated carbocycles. The summed E-state index contributed by atoms with van der Waals surface area (Å²) in [4.78, 5) is 22.7. The monoisotopic (exact) mass is 536 g/mol. The van der Waals surface area contributed by atoms with E-state index >= 15 is 0 Å². The van der Waals surface area contributed by atoms with Gasteiger partial charge < -0.3 is 9.84 Å². The van der Waals surface area contributed by atoms with E-state index in [2.05, 4.69) is 51.7 Å². The van der Waals surface area contributed by atoms with Crippen LogP contribution in [0.2, 0.25) is 0 Å². The number of aryl methyl sites for hydroxylation is 3. The third kappa shape index (κ3) is 4.65. The standard InChI is InChI=1S/C32H36N6O2/c1-18-29(19(2)38(6)36-18)26-16-24-22(13-14-33-30(24)34-26)21-11-12-23-20(15-21)9-7-8-10-25(23)35-31(39)27-17-28(40-37-27)32(3,4)5/h11-15,17,25H,7-10,16H2,1-6H3,(H,35,39)/t25-/m0/s1. The van der Waals surface area contributed by atoms with Crippen LogP contribution in [0.1, 0.15) is 96.0 Å². The van der Waals surface area contributed by atoms with E-state index in [1.165, 1.54) is 11.1 Å². The van der Waals surface area contributed by atoms with E-state index in [0.717, 1.165) is 77.3 Å². The number of nitrogens with zero attached hydrogens (tertiary/aromatic N) is 5. The molecule has 6 rings (SSSR count). The zero-order valence-corrected chi connectivity index (χ0v) is 24.1. The van der Waals surface area contributed by atoms with Crippen molar-refractivity contribution in [3.8, 4) is 11.1 Å². The molecule has 1 aromatic carbocycles. The minimum absolute atomic E-state index is 0.0662. The average Bonchev–Trinajstić information content (AvgIpc) is 3.59.